The Bertz CT molecular complexity index is 845. The zero-order valence-corrected chi connectivity index (χ0v) is 14.5. The van der Waals surface area contributed by atoms with Crippen molar-refractivity contribution in [1.82, 2.24) is 5.32 Å². The van der Waals surface area contributed by atoms with E-state index in [0.717, 1.165) is 6.26 Å². The molecule has 1 aromatic heterocycles. The molecule has 25 heavy (non-hydrogen) atoms. The summed E-state index contributed by atoms with van der Waals surface area (Å²) >= 11 is 0. The van der Waals surface area contributed by atoms with Gasteiger partial charge < -0.3 is 14.5 Å². The third-order valence-electron chi connectivity index (χ3n) is 3.07. The van der Waals surface area contributed by atoms with E-state index in [9.17, 15) is 18.0 Å². The third kappa shape index (κ3) is 5.96. The molecular formula is C16H18N2O6S. The molecule has 2 aromatic rings. The number of esters is 1. The van der Waals surface area contributed by atoms with E-state index in [1.807, 2.05) is 0 Å². The van der Waals surface area contributed by atoms with Gasteiger partial charge in [0.25, 0.3) is 5.91 Å². The van der Waals surface area contributed by atoms with E-state index in [1.165, 1.54) is 37.5 Å². The number of ether oxygens (including phenoxy) is 1. The molecule has 0 fully saturated rings. The van der Waals surface area contributed by atoms with E-state index in [-0.39, 0.29) is 17.8 Å². The van der Waals surface area contributed by atoms with E-state index >= 15 is 0 Å². The number of anilines is 1. The molecule has 0 aliphatic carbocycles. The standard InChI is InChI=1S/C16H18N2O6S/c1-11(15(19)17-10-14-7-4-8-23-14)24-16(20)12-5-3-6-13(9-12)18-25(2,21)22/h3-9,11,18H,10H2,1-2H3,(H,17,19). The Hall–Kier alpha value is -2.81. The number of sulfonamides is 1. The van der Waals surface area contributed by atoms with Crippen molar-refractivity contribution in [1.29, 1.82) is 0 Å². The molecule has 2 rings (SSSR count). The lowest BCUT2D eigenvalue weighted by atomic mass is 10.2. The number of hydrogen-bond donors (Lipinski definition) is 2. The quantitative estimate of drug-likeness (QED) is 0.718. The molecule has 1 heterocycles. The average Bonchev–Trinajstić information content (AvgIpc) is 3.04. The van der Waals surface area contributed by atoms with E-state index in [1.54, 1.807) is 12.1 Å². The van der Waals surface area contributed by atoms with Crippen LogP contribution in [0, 0.1) is 0 Å². The average molecular weight is 366 g/mol. The fraction of sp³-hybridized carbons (Fsp3) is 0.250. The lowest BCUT2D eigenvalue weighted by Crippen LogP contribution is -2.35. The molecule has 0 aliphatic heterocycles. The number of rotatable bonds is 7. The van der Waals surface area contributed by atoms with Crippen molar-refractivity contribution >= 4 is 27.6 Å². The first-order valence-electron chi connectivity index (χ1n) is 7.33. The lowest BCUT2D eigenvalue weighted by molar-refractivity contribution is -0.129. The second-order valence-corrected chi connectivity index (χ2v) is 7.05. The van der Waals surface area contributed by atoms with Crippen molar-refractivity contribution in [3.05, 3.63) is 54.0 Å². The van der Waals surface area contributed by atoms with Gasteiger partial charge in [-0.15, -0.1) is 0 Å². The summed E-state index contributed by atoms with van der Waals surface area (Å²) in [6, 6.07) is 9.20. The lowest BCUT2D eigenvalue weighted by Gasteiger charge is -2.13. The Morgan fingerprint density at radius 2 is 2.00 bits per heavy atom. The Labute approximate surface area is 145 Å². The maximum atomic E-state index is 12.1. The van der Waals surface area contributed by atoms with Crippen LogP contribution < -0.4 is 10.0 Å². The highest BCUT2D eigenvalue weighted by Crippen LogP contribution is 2.13. The van der Waals surface area contributed by atoms with Crippen LogP contribution in [-0.4, -0.2) is 32.7 Å². The molecule has 2 N–H and O–H groups in total. The fourth-order valence-corrected chi connectivity index (χ4v) is 2.49. The van der Waals surface area contributed by atoms with Crippen molar-refractivity contribution in [2.75, 3.05) is 11.0 Å². The highest BCUT2D eigenvalue weighted by molar-refractivity contribution is 7.92. The molecule has 1 unspecified atom stereocenters. The first-order chi connectivity index (χ1) is 11.7. The van der Waals surface area contributed by atoms with Crippen LogP contribution in [-0.2, 0) is 26.1 Å². The fourth-order valence-electron chi connectivity index (χ4n) is 1.94. The summed E-state index contributed by atoms with van der Waals surface area (Å²) in [4.78, 5) is 24.1. The van der Waals surface area contributed by atoms with Crippen LogP contribution in [0.4, 0.5) is 5.69 Å². The van der Waals surface area contributed by atoms with Crippen molar-refractivity contribution in [2.45, 2.75) is 19.6 Å². The van der Waals surface area contributed by atoms with Crippen LogP contribution >= 0.6 is 0 Å². The Morgan fingerprint density at radius 3 is 2.64 bits per heavy atom. The number of nitrogens with one attached hydrogen (secondary N) is 2. The number of hydrogen-bond acceptors (Lipinski definition) is 6. The first kappa shape index (κ1) is 18.5. The van der Waals surface area contributed by atoms with Gasteiger partial charge in [0.1, 0.15) is 5.76 Å². The molecule has 0 spiro atoms. The molecule has 8 nitrogen and oxygen atoms in total. The topological polar surface area (TPSA) is 115 Å². The minimum Gasteiger partial charge on any atom is -0.467 e. The predicted octanol–water partition coefficient (Wildman–Crippen LogP) is 1.51. The zero-order valence-electron chi connectivity index (χ0n) is 13.7. The van der Waals surface area contributed by atoms with Gasteiger partial charge in [-0.2, -0.15) is 0 Å². The van der Waals surface area contributed by atoms with E-state index in [2.05, 4.69) is 10.0 Å². The molecule has 0 aliphatic rings. The summed E-state index contributed by atoms with van der Waals surface area (Å²) in [7, 11) is -3.46. The summed E-state index contributed by atoms with van der Waals surface area (Å²) < 4.78 is 34.9. The monoisotopic (exact) mass is 366 g/mol. The smallest absolute Gasteiger partial charge is 0.338 e. The summed E-state index contributed by atoms with van der Waals surface area (Å²) in [5.74, 6) is -0.639. The van der Waals surface area contributed by atoms with Crippen LogP contribution in [0.5, 0.6) is 0 Å². The van der Waals surface area contributed by atoms with Crippen molar-refractivity contribution in [3.8, 4) is 0 Å². The summed E-state index contributed by atoms with van der Waals surface area (Å²) in [6.07, 6.45) is 1.47. The minimum absolute atomic E-state index is 0.124. The van der Waals surface area contributed by atoms with Crippen LogP contribution in [0.3, 0.4) is 0 Å². The van der Waals surface area contributed by atoms with Crippen LogP contribution in [0.1, 0.15) is 23.0 Å². The molecule has 0 saturated heterocycles. The number of carbonyl (C=O) groups excluding carboxylic acids is 2. The second-order valence-electron chi connectivity index (χ2n) is 5.30. The summed E-state index contributed by atoms with van der Waals surface area (Å²) in [6.45, 7) is 1.62. The predicted molar refractivity (Wildman–Crippen MR) is 90.3 cm³/mol. The van der Waals surface area contributed by atoms with Gasteiger partial charge in [-0.1, -0.05) is 6.07 Å². The Morgan fingerprint density at radius 1 is 1.24 bits per heavy atom. The highest BCUT2D eigenvalue weighted by atomic mass is 32.2. The van der Waals surface area contributed by atoms with Gasteiger partial charge in [0, 0.05) is 5.69 Å². The molecule has 0 radical (unpaired) electrons. The number of benzene rings is 1. The first-order valence-corrected chi connectivity index (χ1v) is 9.22. The molecule has 134 valence electrons. The van der Waals surface area contributed by atoms with Gasteiger partial charge in [0.2, 0.25) is 10.0 Å². The second kappa shape index (κ2) is 7.84. The van der Waals surface area contributed by atoms with E-state index < -0.39 is 28.0 Å². The maximum absolute atomic E-state index is 12.1. The van der Waals surface area contributed by atoms with Crippen molar-refractivity contribution < 1.29 is 27.2 Å². The van der Waals surface area contributed by atoms with Gasteiger partial charge in [-0.05, 0) is 37.3 Å². The van der Waals surface area contributed by atoms with Gasteiger partial charge >= 0.3 is 5.97 Å². The maximum Gasteiger partial charge on any atom is 0.338 e. The van der Waals surface area contributed by atoms with E-state index in [4.69, 9.17) is 9.15 Å². The van der Waals surface area contributed by atoms with E-state index in [0.29, 0.717) is 5.76 Å². The van der Waals surface area contributed by atoms with Crippen molar-refractivity contribution in [3.63, 3.8) is 0 Å². The van der Waals surface area contributed by atoms with Crippen LogP contribution in [0.25, 0.3) is 0 Å². The van der Waals surface area contributed by atoms with Gasteiger partial charge in [0.05, 0.1) is 24.6 Å². The molecule has 1 amide bonds. The molecule has 1 aromatic carbocycles. The zero-order chi connectivity index (χ0) is 18.4. The number of furan rings is 1. The molecular weight excluding hydrogens is 348 g/mol. The Balaban J connectivity index is 1.94. The van der Waals surface area contributed by atoms with Crippen molar-refractivity contribution in [2.24, 2.45) is 0 Å². The molecule has 0 bridgehead atoms. The third-order valence-corrected chi connectivity index (χ3v) is 3.68. The summed E-state index contributed by atoms with van der Waals surface area (Å²) in [5.41, 5.74) is 0.353. The van der Waals surface area contributed by atoms with Gasteiger partial charge in [0.15, 0.2) is 6.10 Å². The molecule has 0 saturated carbocycles. The highest BCUT2D eigenvalue weighted by Gasteiger charge is 2.19. The molecule has 9 heteroatoms. The van der Waals surface area contributed by atoms with Crippen LogP contribution in [0.2, 0.25) is 0 Å². The number of amides is 1. The SMILES string of the molecule is CC(OC(=O)c1cccc(NS(C)(=O)=O)c1)C(=O)NCc1ccco1. The minimum atomic E-state index is -3.46. The molecule has 1 atom stereocenters. The van der Waals surface area contributed by atoms with Gasteiger partial charge in [-0.3, -0.25) is 9.52 Å². The normalized spacial score (nSPS) is 12.2. The summed E-state index contributed by atoms with van der Waals surface area (Å²) in [5, 5.41) is 2.58. The van der Waals surface area contributed by atoms with Gasteiger partial charge in [-0.25, -0.2) is 13.2 Å². The Kier molecular flexibility index (Phi) is 5.81. The van der Waals surface area contributed by atoms with Crippen LogP contribution in [0.15, 0.2) is 47.1 Å². The largest absolute Gasteiger partial charge is 0.467 e. The number of carbonyl (C=O) groups is 2.